The maximum atomic E-state index is 11.9. The number of carbonyl (C=O) groups excluding carboxylic acids is 2. The van der Waals surface area contributed by atoms with Crippen LogP contribution in [0.15, 0.2) is 46.9 Å². The summed E-state index contributed by atoms with van der Waals surface area (Å²) in [6, 6.07) is 11.0. The SMILES string of the molecule is Cc1cccc(OCC(=O)NNC(=O)c2ccc(Br)c([N+](=O)[O-])c2)c1. The zero-order valence-electron chi connectivity index (χ0n) is 13.1. The summed E-state index contributed by atoms with van der Waals surface area (Å²) in [5.41, 5.74) is 5.14. The standard InChI is InChI=1S/C16H14BrN3O5/c1-10-3-2-4-12(7-10)25-9-15(21)18-19-16(22)11-5-6-13(17)14(8-11)20(23)24/h2-8H,9H2,1H3,(H,18,21)(H,19,22). The first-order chi connectivity index (χ1) is 11.9. The van der Waals surface area contributed by atoms with Gasteiger partial charge in [0.2, 0.25) is 0 Å². The highest BCUT2D eigenvalue weighted by atomic mass is 79.9. The molecule has 0 saturated heterocycles. The third-order valence-electron chi connectivity index (χ3n) is 3.08. The second-order valence-electron chi connectivity index (χ2n) is 5.03. The molecule has 0 atom stereocenters. The second-order valence-corrected chi connectivity index (χ2v) is 5.89. The molecule has 9 heteroatoms. The molecule has 2 aromatic rings. The molecule has 2 rings (SSSR count). The number of halogens is 1. The Morgan fingerprint density at radius 3 is 2.64 bits per heavy atom. The van der Waals surface area contributed by atoms with E-state index in [4.69, 9.17) is 4.74 Å². The minimum Gasteiger partial charge on any atom is -0.484 e. The molecule has 2 amide bonds. The zero-order valence-corrected chi connectivity index (χ0v) is 14.7. The molecule has 0 fully saturated rings. The number of hydrogen-bond acceptors (Lipinski definition) is 5. The number of aryl methyl sites for hydroxylation is 1. The molecule has 0 saturated carbocycles. The summed E-state index contributed by atoms with van der Waals surface area (Å²) in [5, 5.41) is 10.9. The fourth-order valence-electron chi connectivity index (χ4n) is 1.88. The van der Waals surface area contributed by atoms with Crippen LogP contribution < -0.4 is 15.6 Å². The number of rotatable bonds is 5. The molecule has 8 nitrogen and oxygen atoms in total. The van der Waals surface area contributed by atoms with Crippen molar-refractivity contribution in [1.29, 1.82) is 0 Å². The fraction of sp³-hybridized carbons (Fsp3) is 0.125. The number of benzene rings is 2. The summed E-state index contributed by atoms with van der Waals surface area (Å²) >= 11 is 3.03. The molecule has 0 aliphatic carbocycles. The number of amides is 2. The molecule has 0 bridgehead atoms. The van der Waals surface area contributed by atoms with Crippen LogP contribution in [0.25, 0.3) is 0 Å². The minimum atomic E-state index is -0.681. The summed E-state index contributed by atoms with van der Waals surface area (Å²) in [6.07, 6.45) is 0. The van der Waals surface area contributed by atoms with Gasteiger partial charge in [0.05, 0.1) is 9.40 Å². The van der Waals surface area contributed by atoms with E-state index in [1.54, 1.807) is 18.2 Å². The number of nitro groups is 1. The molecule has 0 aliphatic heterocycles. The molecule has 0 heterocycles. The van der Waals surface area contributed by atoms with E-state index < -0.39 is 16.7 Å². The number of nitrogens with zero attached hydrogens (tertiary/aromatic N) is 1. The molecule has 2 N–H and O–H groups in total. The highest BCUT2D eigenvalue weighted by Crippen LogP contribution is 2.25. The van der Waals surface area contributed by atoms with Gasteiger partial charge < -0.3 is 4.74 Å². The summed E-state index contributed by atoms with van der Waals surface area (Å²) in [6.45, 7) is 1.61. The van der Waals surface area contributed by atoms with Crippen LogP contribution in [-0.4, -0.2) is 23.3 Å². The van der Waals surface area contributed by atoms with Gasteiger partial charge in [0.15, 0.2) is 6.61 Å². The summed E-state index contributed by atoms with van der Waals surface area (Å²) in [7, 11) is 0. The predicted octanol–water partition coefficient (Wildman–Crippen LogP) is 2.51. The molecule has 2 aromatic carbocycles. The van der Waals surface area contributed by atoms with Gasteiger partial charge >= 0.3 is 0 Å². The Labute approximate surface area is 151 Å². The first-order valence-corrected chi connectivity index (χ1v) is 7.88. The Morgan fingerprint density at radius 2 is 1.96 bits per heavy atom. The van der Waals surface area contributed by atoms with E-state index >= 15 is 0 Å². The lowest BCUT2D eigenvalue weighted by molar-refractivity contribution is -0.385. The molecule has 130 valence electrons. The normalized spacial score (nSPS) is 10.0. The largest absolute Gasteiger partial charge is 0.484 e. The number of carbonyl (C=O) groups is 2. The minimum absolute atomic E-state index is 0.0369. The topological polar surface area (TPSA) is 111 Å². The maximum Gasteiger partial charge on any atom is 0.284 e. The molecule has 0 spiro atoms. The molecule has 0 aromatic heterocycles. The van der Waals surface area contributed by atoms with Crippen LogP contribution >= 0.6 is 15.9 Å². The van der Waals surface area contributed by atoms with Crippen molar-refractivity contribution in [3.05, 3.63) is 68.2 Å². The molecular formula is C16H14BrN3O5. The lowest BCUT2D eigenvalue weighted by Gasteiger charge is -2.09. The summed E-state index contributed by atoms with van der Waals surface area (Å²) < 4.78 is 5.55. The van der Waals surface area contributed by atoms with E-state index in [2.05, 4.69) is 26.8 Å². The van der Waals surface area contributed by atoms with E-state index in [0.717, 1.165) is 11.6 Å². The van der Waals surface area contributed by atoms with E-state index in [9.17, 15) is 19.7 Å². The van der Waals surface area contributed by atoms with Gasteiger partial charge in [-0.05, 0) is 52.7 Å². The smallest absolute Gasteiger partial charge is 0.284 e. The third-order valence-corrected chi connectivity index (χ3v) is 3.75. The van der Waals surface area contributed by atoms with Gasteiger partial charge in [-0.25, -0.2) is 0 Å². The average Bonchev–Trinajstić information content (AvgIpc) is 2.58. The fourth-order valence-corrected chi connectivity index (χ4v) is 2.27. The second kappa shape index (κ2) is 8.25. The zero-order chi connectivity index (χ0) is 18.4. The number of nitro benzene ring substituents is 1. The molecule has 0 radical (unpaired) electrons. The van der Waals surface area contributed by atoms with E-state index in [-0.39, 0.29) is 22.3 Å². The molecule has 0 aliphatic rings. The third kappa shape index (κ3) is 5.28. The van der Waals surface area contributed by atoms with Crippen LogP contribution in [-0.2, 0) is 4.79 Å². The Morgan fingerprint density at radius 1 is 1.20 bits per heavy atom. The lowest BCUT2D eigenvalue weighted by atomic mass is 10.2. The van der Waals surface area contributed by atoms with Gasteiger partial charge in [-0.2, -0.15) is 0 Å². The Bertz CT molecular complexity index is 825. The average molecular weight is 408 g/mol. The van der Waals surface area contributed by atoms with E-state index in [1.807, 2.05) is 13.0 Å². The van der Waals surface area contributed by atoms with Crippen LogP contribution in [0.2, 0.25) is 0 Å². The molecule has 25 heavy (non-hydrogen) atoms. The van der Waals surface area contributed by atoms with E-state index in [0.29, 0.717) is 5.75 Å². The molecular weight excluding hydrogens is 394 g/mol. The maximum absolute atomic E-state index is 11.9. The number of ether oxygens (including phenoxy) is 1. The van der Waals surface area contributed by atoms with Crippen molar-refractivity contribution in [2.45, 2.75) is 6.92 Å². The highest BCUT2D eigenvalue weighted by Gasteiger charge is 2.16. The number of hydrogen-bond donors (Lipinski definition) is 2. The summed E-state index contributed by atoms with van der Waals surface area (Å²) in [4.78, 5) is 33.9. The first kappa shape index (κ1) is 18.4. The Kier molecular flexibility index (Phi) is 6.07. The van der Waals surface area contributed by atoms with Crippen LogP contribution in [0.1, 0.15) is 15.9 Å². The van der Waals surface area contributed by atoms with Gasteiger partial charge in [-0.1, -0.05) is 12.1 Å². The van der Waals surface area contributed by atoms with Crippen molar-refractivity contribution < 1.29 is 19.2 Å². The Hall–Kier alpha value is -2.94. The van der Waals surface area contributed by atoms with Crippen LogP contribution in [0.4, 0.5) is 5.69 Å². The monoisotopic (exact) mass is 407 g/mol. The van der Waals surface area contributed by atoms with Crippen molar-refractivity contribution in [3.63, 3.8) is 0 Å². The van der Waals surface area contributed by atoms with Gasteiger partial charge in [0.25, 0.3) is 17.5 Å². The first-order valence-electron chi connectivity index (χ1n) is 7.09. The van der Waals surface area contributed by atoms with Crippen LogP contribution in [0.5, 0.6) is 5.75 Å². The van der Waals surface area contributed by atoms with Gasteiger partial charge in [-0.15, -0.1) is 0 Å². The van der Waals surface area contributed by atoms with Crippen molar-refractivity contribution in [2.75, 3.05) is 6.61 Å². The van der Waals surface area contributed by atoms with Crippen molar-refractivity contribution in [1.82, 2.24) is 10.9 Å². The van der Waals surface area contributed by atoms with Gasteiger partial charge in [0.1, 0.15) is 5.75 Å². The summed E-state index contributed by atoms with van der Waals surface area (Å²) in [5.74, 6) is -0.717. The quantitative estimate of drug-likeness (QED) is 0.584. The van der Waals surface area contributed by atoms with Crippen molar-refractivity contribution in [2.24, 2.45) is 0 Å². The van der Waals surface area contributed by atoms with Crippen molar-refractivity contribution >= 4 is 33.4 Å². The van der Waals surface area contributed by atoms with Gasteiger partial charge in [0, 0.05) is 11.6 Å². The highest BCUT2D eigenvalue weighted by molar-refractivity contribution is 9.10. The van der Waals surface area contributed by atoms with Crippen molar-refractivity contribution in [3.8, 4) is 5.75 Å². The lowest BCUT2D eigenvalue weighted by Crippen LogP contribution is -2.43. The van der Waals surface area contributed by atoms with Gasteiger partial charge in [-0.3, -0.25) is 30.6 Å². The van der Waals surface area contributed by atoms with Crippen LogP contribution in [0.3, 0.4) is 0 Å². The van der Waals surface area contributed by atoms with E-state index in [1.165, 1.54) is 12.1 Å². The number of nitrogens with one attached hydrogen (secondary N) is 2. The van der Waals surface area contributed by atoms with Crippen LogP contribution in [0, 0.1) is 17.0 Å². The molecule has 0 unspecified atom stereocenters. The predicted molar refractivity (Wildman–Crippen MR) is 93.1 cm³/mol. The number of hydrazine groups is 1. The Balaban J connectivity index is 1.88.